The summed E-state index contributed by atoms with van der Waals surface area (Å²) in [5.74, 6) is 0.887. The highest BCUT2D eigenvalue weighted by atomic mass is 32.1. The number of anilines is 1. The van der Waals surface area contributed by atoms with E-state index in [1.807, 2.05) is 31.2 Å². The Bertz CT molecular complexity index is 491. The average Bonchev–Trinajstić information content (AvgIpc) is 2.72. The van der Waals surface area contributed by atoms with Gasteiger partial charge in [0.15, 0.2) is 5.13 Å². The largest absolute Gasteiger partial charge is 0.494 e. The normalized spacial score (nSPS) is 10.5. The highest BCUT2D eigenvalue weighted by molar-refractivity contribution is 7.15. The number of hydrogen-bond donors (Lipinski definition) is 1. The molecule has 0 aliphatic heterocycles. The van der Waals surface area contributed by atoms with Crippen LogP contribution < -0.4 is 10.5 Å². The molecule has 0 bridgehead atoms. The number of nitrogens with two attached hydrogens (primary N) is 1. The molecule has 1 aromatic heterocycles. The number of nitrogen functional groups attached to an aromatic ring is 1. The molecule has 2 aromatic rings. The maximum atomic E-state index is 5.75. The van der Waals surface area contributed by atoms with Gasteiger partial charge in [0.25, 0.3) is 0 Å². The highest BCUT2D eigenvalue weighted by Crippen LogP contribution is 2.30. The van der Waals surface area contributed by atoms with E-state index in [9.17, 15) is 0 Å². The molecule has 0 atom stereocenters. The molecular formula is C13H16N2OS. The van der Waals surface area contributed by atoms with Crippen molar-refractivity contribution in [2.24, 2.45) is 0 Å². The predicted octanol–water partition coefficient (Wildman–Crippen LogP) is 3.35. The maximum Gasteiger partial charge on any atom is 0.180 e. The summed E-state index contributed by atoms with van der Waals surface area (Å²) >= 11 is 1.56. The Kier molecular flexibility index (Phi) is 3.64. The van der Waals surface area contributed by atoms with Crippen LogP contribution in [0.1, 0.15) is 18.7 Å². The lowest BCUT2D eigenvalue weighted by Crippen LogP contribution is -1.91. The second-order valence-electron chi connectivity index (χ2n) is 3.63. The van der Waals surface area contributed by atoms with Gasteiger partial charge in [0.1, 0.15) is 5.75 Å². The summed E-state index contributed by atoms with van der Waals surface area (Å²) in [7, 11) is 0. The molecule has 0 aliphatic rings. The number of aryl methyl sites for hydroxylation is 1. The molecule has 1 heterocycles. The monoisotopic (exact) mass is 248 g/mol. The van der Waals surface area contributed by atoms with Crippen LogP contribution in [0.5, 0.6) is 5.75 Å². The molecule has 0 saturated heterocycles. The number of thiazole rings is 1. The van der Waals surface area contributed by atoms with Crippen molar-refractivity contribution in [3.05, 3.63) is 29.1 Å². The van der Waals surface area contributed by atoms with Gasteiger partial charge in [-0.2, -0.15) is 0 Å². The third kappa shape index (κ3) is 2.58. The zero-order chi connectivity index (χ0) is 12.3. The van der Waals surface area contributed by atoms with Gasteiger partial charge >= 0.3 is 0 Å². The third-order valence-electron chi connectivity index (χ3n) is 2.47. The minimum atomic E-state index is 0.630. The average molecular weight is 248 g/mol. The van der Waals surface area contributed by atoms with Gasteiger partial charge in [0, 0.05) is 10.4 Å². The van der Waals surface area contributed by atoms with E-state index in [0.717, 1.165) is 23.4 Å². The molecule has 0 aliphatic carbocycles. The Balaban J connectivity index is 2.32. The van der Waals surface area contributed by atoms with Crippen LogP contribution in [0.2, 0.25) is 0 Å². The molecular weight excluding hydrogens is 232 g/mol. The van der Waals surface area contributed by atoms with Gasteiger partial charge < -0.3 is 10.5 Å². The van der Waals surface area contributed by atoms with Crippen LogP contribution in [0.4, 0.5) is 5.13 Å². The van der Waals surface area contributed by atoms with Gasteiger partial charge in [-0.1, -0.05) is 6.92 Å². The van der Waals surface area contributed by atoms with Crippen molar-refractivity contribution in [2.45, 2.75) is 20.3 Å². The van der Waals surface area contributed by atoms with Crippen molar-refractivity contribution < 1.29 is 4.74 Å². The Hall–Kier alpha value is -1.55. The highest BCUT2D eigenvalue weighted by Gasteiger charge is 2.09. The Labute approximate surface area is 105 Å². The fourth-order valence-electron chi connectivity index (χ4n) is 1.71. The van der Waals surface area contributed by atoms with Crippen molar-refractivity contribution in [3.8, 4) is 17.0 Å². The smallest absolute Gasteiger partial charge is 0.180 e. The van der Waals surface area contributed by atoms with Crippen LogP contribution in [-0.2, 0) is 6.42 Å². The molecule has 2 N–H and O–H groups in total. The Morgan fingerprint density at radius 1 is 1.24 bits per heavy atom. The fourth-order valence-corrected chi connectivity index (χ4v) is 2.50. The van der Waals surface area contributed by atoms with E-state index < -0.39 is 0 Å². The maximum absolute atomic E-state index is 5.75. The van der Waals surface area contributed by atoms with E-state index in [0.29, 0.717) is 11.7 Å². The van der Waals surface area contributed by atoms with Crippen LogP contribution in [0.3, 0.4) is 0 Å². The molecule has 1 aromatic carbocycles. The van der Waals surface area contributed by atoms with Crippen molar-refractivity contribution in [3.63, 3.8) is 0 Å². The van der Waals surface area contributed by atoms with E-state index in [-0.39, 0.29) is 0 Å². The standard InChI is InChI=1S/C13H16N2OS/c1-3-11-12(15-13(14)17-11)9-5-7-10(8-6-9)16-4-2/h5-8H,3-4H2,1-2H3,(H2,14,15). The lowest BCUT2D eigenvalue weighted by Gasteiger charge is -2.04. The molecule has 2 rings (SSSR count). The van der Waals surface area contributed by atoms with Crippen molar-refractivity contribution in [1.29, 1.82) is 0 Å². The van der Waals surface area contributed by atoms with Crippen LogP contribution in [0.25, 0.3) is 11.3 Å². The number of aromatic nitrogens is 1. The van der Waals surface area contributed by atoms with Crippen LogP contribution in [0.15, 0.2) is 24.3 Å². The van der Waals surface area contributed by atoms with E-state index in [1.54, 1.807) is 11.3 Å². The summed E-state index contributed by atoms with van der Waals surface area (Å²) in [6.07, 6.45) is 0.956. The molecule has 0 fully saturated rings. The van der Waals surface area contributed by atoms with Crippen LogP contribution in [0, 0.1) is 0 Å². The fraction of sp³-hybridized carbons (Fsp3) is 0.308. The van der Waals surface area contributed by atoms with Gasteiger partial charge in [0.2, 0.25) is 0 Å². The van der Waals surface area contributed by atoms with Gasteiger partial charge in [-0.3, -0.25) is 0 Å². The molecule has 4 heteroatoms. The molecule has 0 radical (unpaired) electrons. The van der Waals surface area contributed by atoms with Crippen molar-refractivity contribution in [2.75, 3.05) is 12.3 Å². The zero-order valence-corrected chi connectivity index (χ0v) is 10.9. The third-order valence-corrected chi connectivity index (χ3v) is 3.50. The van der Waals surface area contributed by atoms with Crippen molar-refractivity contribution >= 4 is 16.5 Å². The summed E-state index contributed by atoms with van der Waals surface area (Å²) in [6, 6.07) is 7.99. The summed E-state index contributed by atoms with van der Waals surface area (Å²) < 4.78 is 5.42. The molecule has 0 saturated carbocycles. The molecule has 0 amide bonds. The lowest BCUT2D eigenvalue weighted by molar-refractivity contribution is 0.340. The Morgan fingerprint density at radius 3 is 2.53 bits per heavy atom. The quantitative estimate of drug-likeness (QED) is 0.902. The first-order valence-electron chi connectivity index (χ1n) is 5.73. The van der Waals surface area contributed by atoms with E-state index in [2.05, 4.69) is 11.9 Å². The first-order chi connectivity index (χ1) is 8.24. The SMILES string of the molecule is CCOc1ccc(-c2nc(N)sc2CC)cc1. The molecule has 3 nitrogen and oxygen atoms in total. The number of hydrogen-bond acceptors (Lipinski definition) is 4. The summed E-state index contributed by atoms with van der Waals surface area (Å²) in [5.41, 5.74) is 7.85. The first kappa shape index (κ1) is 11.9. The minimum Gasteiger partial charge on any atom is -0.494 e. The van der Waals surface area contributed by atoms with E-state index in [1.165, 1.54) is 4.88 Å². The number of nitrogens with zero attached hydrogens (tertiary/aromatic N) is 1. The van der Waals surface area contributed by atoms with Gasteiger partial charge in [-0.25, -0.2) is 4.98 Å². The molecule has 0 unspecified atom stereocenters. The summed E-state index contributed by atoms with van der Waals surface area (Å²) in [4.78, 5) is 5.61. The van der Waals surface area contributed by atoms with Gasteiger partial charge in [-0.05, 0) is 37.6 Å². The minimum absolute atomic E-state index is 0.630. The lowest BCUT2D eigenvalue weighted by atomic mass is 10.1. The summed E-state index contributed by atoms with van der Waals surface area (Å²) in [5, 5.41) is 0.630. The Morgan fingerprint density at radius 2 is 1.94 bits per heavy atom. The van der Waals surface area contributed by atoms with Gasteiger partial charge in [-0.15, -0.1) is 11.3 Å². The second kappa shape index (κ2) is 5.19. The number of ether oxygens (including phenoxy) is 1. The van der Waals surface area contributed by atoms with Crippen molar-refractivity contribution in [1.82, 2.24) is 4.98 Å². The zero-order valence-electron chi connectivity index (χ0n) is 10.1. The second-order valence-corrected chi connectivity index (χ2v) is 4.75. The van der Waals surface area contributed by atoms with Crippen LogP contribution >= 0.6 is 11.3 Å². The van der Waals surface area contributed by atoms with E-state index >= 15 is 0 Å². The topological polar surface area (TPSA) is 48.1 Å². The van der Waals surface area contributed by atoms with Gasteiger partial charge in [0.05, 0.1) is 12.3 Å². The molecule has 0 spiro atoms. The van der Waals surface area contributed by atoms with E-state index in [4.69, 9.17) is 10.5 Å². The molecule has 17 heavy (non-hydrogen) atoms. The predicted molar refractivity (Wildman–Crippen MR) is 72.5 cm³/mol. The number of rotatable bonds is 4. The van der Waals surface area contributed by atoms with Crippen LogP contribution in [-0.4, -0.2) is 11.6 Å². The molecule has 90 valence electrons. The summed E-state index contributed by atoms with van der Waals surface area (Å²) in [6.45, 7) is 4.78. The first-order valence-corrected chi connectivity index (χ1v) is 6.54. The number of benzene rings is 1.